The quantitative estimate of drug-likeness (QED) is 0.410. The fourth-order valence-corrected chi connectivity index (χ4v) is 2.62. The molecule has 0 aliphatic carbocycles. The number of hydrogen-bond acceptors (Lipinski definition) is 4. The third-order valence-corrected chi connectivity index (χ3v) is 3.99. The Morgan fingerprint density at radius 1 is 1.28 bits per heavy atom. The highest BCUT2D eigenvalue weighted by molar-refractivity contribution is 14.0. The third-order valence-electron chi connectivity index (χ3n) is 3.99. The highest BCUT2D eigenvalue weighted by Crippen LogP contribution is 2.13. The highest BCUT2D eigenvalue weighted by atomic mass is 127. The third kappa shape index (κ3) is 5.91. The van der Waals surface area contributed by atoms with E-state index in [1.807, 2.05) is 33.0 Å². The van der Waals surface area contributed by atoms with Crippen LogP contribution in [0.4, 0.5) is 0 Å². The minimum atomic E-state index is 0. The summed E-state index contributed by atoms with van der Waals surface area (Å²) in [5, 5.41) is 7.37. The number of nitrogens with zero attached hydrogens (tertiary/aromatic N) is 3. The first-order valence-electron chi connectivity index (χ1n) is 8.01. The average Bonchev–Trinajstić information content (AvgIpc) is 2.91. The Balaban J connectivity index is 0.00000312. The van der Waals surface area contributed by atoms with Crippen molar-refractivity contribution in [2.24, 2.45) is 4.99 Å². The van der Waals surface area contributed by atoms with Gasteiger partial charge in [0.1, 0.15) is 11.5 Å². The van der Waals surface area contributed by atoms with E-state index in [2.05, 4.69) is 32.5 Å². The lowest BCUT2D eigenvalue weighted by atomic mass is 10.1. The van der Waals surface area contributed by atoms with Crippen LogP contribution in [0.3, 0.4) is 0 Å². The Morgan fingerprint density at radius 2 is 1.96 bits per heavy atom. The standard InChI is InChI=1S/C18H26N4O2.HI/c1-13-17(14(2)24-21-13)10-11-20-18(19-3)22(4)12-15-6-8-16(23-5)9-7-15;/h6-9H,10-12H2,1-5H3,(H,19,20);1H. The molecule has 1 aromatic heterocycles. The van der Waals surface area contributed by atoms with Crippen LogP contribution >= 0.6 is 24.0 Å². The van der Waals surface area contributed by atoms with Crippen LogP contribution in [0, 0.1) is 13.8 Å². The first-order chi connectivity index (χ1) is 11.5. The van der Waals surface area contributed by atoms with Crippen molar-refractivity contribution in [2.45, 2.75) is 26.8 Å². The molecule has 6 nitrogen and oxygen atoms in total. The minimum Gasteiger partial charge on any atom is -0.497 e. The molecule has 7 heteroatoms. The zero-order valence-electron chi connectivity index (χ0n) is 15.5. The van der Waals surface area contributed by atoms with Crippen LogP contribution < -0.4 is 10.1 Å². The van der Waals surface area contributed by atoms with Crippen LogP contribution in [0.5, 0.6) is 5.75 Å². The van der Waals surface area contributed by atoms with Gasteiger partial charge in [0.2, 0.25) is 0 Å². The first kappa shape index (κ1) is 21.3. The number of aryl methyl sites for hydroxylation is 2. The fraction of sp³-hybridized carbons (Fsp3) is 0.444. The zero-order chi connectivity index (χ0) is 17.5. The molecule has 0 aliphatic heterocycles. The number of ether oxygens (including phenoxy) is 1. The van der Waals surface area contributed by atoms with Gasteiger partial charge in [-0.1, -0.05) is 17.3 Å². The van der Waals surface area contributed by atoms with E-state index in [0.29, 0.717) is 0 Å². The maximum atomic E-state index is 5.20. The van der Waals surface area contributed by atoms with Crippen molar-refractivity contribution in [1.29, 1.82) is 0 Å². The molecule has 0 saturated heterocycles. The second-order valence-corrected chi connectivity index (χ2v) is 5.73. The monoisotopic (exact) mass is 458 g/mol. The van der Waals surface area contributed by atoms with Gasteiger partial charge in [-0.3, -0.25) is 4.99 Å². The van der Waals surface area contributed by atoms with Crippen LogP contribution in [0.1, 0.15) is 22.6 Å². The molecule has 0 fully saturated rings. The van der Waals surface area contributed by atoms with Crippen LogP contribution in [0.25, 0.3) is 0 Å². The van der Waals surface area contributed by atoms with Crippen LogP contribution in [0.2, 0.25) is 0 Å². The molecule has 1 heterocycles. The second kappa shape index (κ2) is 10.3. The minimum absolute atomic E-state index is 0. The van der Waals surface area contributed by atoms with Crippen molar-refractivity contribution in [1.82, 2.24) is 15.4 Å². The van der Waals surface area contributed by atoms with E-state index in [0.717, 1.165) is 48.2 Å². The van der Waals surface area contributed by atoms with E-state index in [1.165, 1.54) is 5.56 Å². The van der Waals surface area contributed by atoms with E-state index in [4.69, 9.17) is 9.26 Å². The summed E-state index contributed by atoms with van der Waals surface area (Å²) in [6.45, 7) is 5.47. The molecular formula is C18H27IN4O2. The molecule has 25 heavy (non-hydrogen) atoms. The molecule has 1 N–H and O–H groups in total. The van der Waals surface area contributed by atoms with Crippen LogP contribution in [0.15, 0.2) is 33.8 Å². The topological polar surface area (TPSA) is 62.9 Å². The van der Waals surface area contributed by atoms with Gasteiger partial charge < -0.3 is 19.5 Å². The molecule has 0 bridgehead atoms. The summed E-state index contributed by atoms with van der Waals surface area (Å²) in [4.78, 5) is 6.44. The van der Waals surface area contributed by atoms with Gasteiger partial charge >= 0.3 is 0 Å². The SMILES string of the molecule is CN=C(NCCc1c(C)noc1C)N(C)Cc1ccc(OC)cc1.I. The van der Waals surface area contributed by atoms with E-state index >= 15 is 0 Å². The zero-order valence-corrected chi connectivity index (χ0v) is 17.8. The molecule has 0 radical (unpaired) electrons. The molecule has 0 amide bonds. The number of benzene rings is 1. The van der Waals surface area contributed by atoms with Crippen LogP contribution in [-0.4, -0.2) is 43.8 Å². The number of guanidine groups is 1. The number of nitrogens with one attached hydrogen (secondary N) is 1. The second-order valence-electron chi connectivity index (χ2n) is 5.73. The molecule has 2 rings (SSSR count). The van der Waals surface area contributed by atoms with E-state index in [9.17, 15) is 0 Å². The molecule has 0 unspecified atom stereocenters. The highest BCUT2D eigenvalue weighted by Gasteiger charge is 2.10. The molecule has 138 valence electrons. The number of rotatable bonds is 6. The Morgan fingerprint density at radius 3 is 2.48 bits per heavy atom. The van der Waals surface area contributed by atoms with Crippen molar-refractivity contribution in [2.75, 3.05) is 27.7 Å². The van der Waals surface area contributed by atoms with E-state index < -0.39 is 0 Å². The summed E-state index contributed by atoms with van der Waals surface area (Å²) in [6.07, 6.45) is 0.858. The van der Waals surface area contributed by atoms with Crippen molar-refractivity contribution in [3.63, 3.8) is 0 Å². The van der Waals surface area contributed by atoms with Gasteiger partial charge in [0.15, 0.2) is 5.96 Å². The van der Waals surface area contributed by atoms with Gasteiger partial charge in [-0.15, -0.1) is 24.0 Å². The Hall–Kier alpha value is -1.77. The number of aromatic nitrogens is 1. The van der Waals surface area contributed by atoms with Gasteiger partial charge in [-0.2, -0.15) is 0 Å². The largest absolute Gasteiger partial charge is 0.497 e. The van der Waals surface area contributed by atoms with E-state index in [1.54, 1.807) is 14.2 Å². The number of hydrogen-bond donors (Lipinski definition) is 1. The Kier molecular flexibility index (Phi) is 8.74. The lowest BCUT2D eigenvalue weighted by Gasteiger charge is -2.22. The number of aliphatic imine (C=N–C) groups is 1. The van der Waals surface area contributed by atoms with Crippen molar-refractivity contribution < 1.29 is 9.26 Å². The smallest absolute Gasteiger partial charge is 0.193 e. The molecular weight excluding hydrogens is 431 g/mol. The molecule has 0 saturated carbocycles. The maximum absolute atomic E-state index is 5.20. The molecule has 1 aromatic carbocycles. The molecule has 0 aliphatic rings. The van der Waals surface area contributed by atoms with E-state index in [-0.39, 0.29) is 24.0 Å². The van der Waals surface area contributed by atoms with Crippen molar-refractivity contribution in [3.8, 4) is 5.75 Å². The van der Waals surface area contributed by atoms with Crippen LogP contribution in [-0.2, 0) is 13.0 Å². The Labute approximate surface area is 166 Å². The van der Waals surface area contributed by atoms with Crippen molar-refractivity contribution >= 4 is 29.9 Å². The maximum Gasteiger partial charge on any atom is 0.193 e. The predicted molar refractivity (Wildman–Crippen MR) is 111 cm³/mol. The lowest BCUT2D eigenvalue weighted by molar-refractivity contribution is 0.392. The van der Waals surface area contributed by atoms with Gasteiger partial charge in [0.25, 0.3) is 0 Å². The number of halogens is 1. The van der Waals surface area contributed by atoms with Gasteiger partial charge in [-0.25, -0.2) is 0 Å². The summed E-state index contributed by atoms with van der Waals surface area (Å²) in [5.41, 5.74) is 3.32. The lowest BCUT2D eigenvalue weighted by Crippen LogP contribution is -2.39. The molecule has 0 atom stereocenters. The summed E-state index contributed by atoms with van der Waals surface area (Å²) in [7, 11) is 5.49. The average molecular weight is 458 g/mol. The molecule has 0 spiro atoms. The summed E-state index contributed by atoms with van der Waals surface area (Å²) < 4.78 is 10.4. The number of methoxy groups -OCH3 is 1. The molecule has 2 aromatic rings. The summed E-state index contributed by atoms with van der Waals surface area (Å²) in [5.74, 6) is 2.61. The Bertz CT molecular complexity index is 663. The predicted octanol–water partition coefficient (Wildman–Crippen LogP) is 3.17. The van der Waals surface area contributed by atoms with Crippen molar-refractivity contribution in [3.05, 3.63) is 46.8 Å². The summed E-state index contributed by atoms with van der Waals surface area (Å²) in [6, 6.07) is 8.06. The fourth-order valence-electron chi connectivity index (χ4n) is 2.62. The van der Waals surface area contributed by atoms with Gasteiger partial charge in [0, 0.05) is 32.7 Å². The first-order valence-corrected chi connectivity index (χ1v) is 8.01. The summed E-state index contributed by atoms with van der Waals surface area (Å²) >= 11 is 0. The van der Waals surface area contributed by atoms with Gasteiger partial charge in [0.05, 0.1) is 12.8 Å². The van der Waals surface area contributed by atoms with Gasteiger partial charge in [-0.05, 0) is 38.0 Å². The normalized spacial score (nSPS) is 11.0.